The van der Waals surface area contributed by atoms with E-state index < -0.39 is 32.5 Å². The molecular formula is C14H13FN2O4S. The van der Waals surface area contributed by atoms with Gasteiger partial charge in [-0.3, -0.25) is 0 Å². The number of sulfone groups is 1. The van der Waals surface area contributed by atoms with Crippen molar-refractivity contribution >= 4 is 21.6 Å². The number of pyridine rings is 1. The Morgan fingerprint density at radius 2 is 1.86 bits per heavy atom. The Morgan fingerprint density at radius 3 is 2.41 bits per heavy atom. The van der Waals surface area contributed by atoms with Crippen LogP contribution in [0.4, 0.5) is 10.2 Å². The van der Waals surface area contributed by atoms with Crippen LogP contribution in [0.5, 0.6) is 0 Å². The molecule has 8 heteroatoms. The lowest BCUT2D eigenvalue weighted by atomic mass is 10.2. The SMILES string of the molecule is COC(=O)c1cc(F)c(S(=O)(=O)c2ccc(C)cc2)nc1N. The molecule has 0 saturated heterocycles. The lowest BCUT2D eigenvalue weighted by Crippen LogP contribution is -2.14. The number of hydrogen-bond acceptors (Lipinski definition) is 6. The zero-order chi connectivity index (χ0) is 16.5. The molecule has 1 heterocycles. The molecule has 0 atom stereocenters. The molecule has 2 aromatic rings. The summed E-state index contributed by atoms with van der Waals surface area (Å²) < 4.78 is 43.3. The number of rotatable bonds is 3. The Labute approximate surface area is 126 Å². The van der Waals surface area contributed by atoms with E-state index in [0.29, 0.717) is 6.07 Å². The first kappa shape index (κ1) is 15.9. The van der Waals surface area contributed by atoms with E-state index in [-0.39, 0.29) is 10.5 Å². The maximum Gasteiger partial charge on any atom is 0.341 e. The fourth-order valence-corrected chi connectivity index (χ4v) is 3.03. The monoisotopic (exact) mass is 324 g/mol. The Hall–Kier alpha value is -2.48. The van der Waals surface area contributed by atoms with E-state index in [9.17, 15) is 17.6 Å². The van der Waals surface area contributed by atoms with Gasteiger partial charge in [-0.2, -0.15) is 0 Å². The molecule has 2 rings (SSSR count). The Kier molecular flexibility index (Phi) is 4.14. The molecule has 0 aliphatic heterocycles. The molecule has 1 aromatic heterocycles. The predicted octanol–water partition coefficient (Wildman–Crippen LogP) is 1.73. The summed E-state index contributed by atoms with van der Waals surface area (Å²) in [5.41, 5.74) is 6.05. The van der Waals surface area contributed by atoms with Crippen molar-refractivity contribution in [3.05, 3.63) is 47.3 Å². The van der Waals surface area contributed by atoms with Gasteiger partial charge in [0.1, 0.15) is 11.4 Å². The van der Waals surface area contributed by atoms with E-state index in [1.807, 2.05) is 0 Å². The van der Waals surface area contributed by atoms with Gasteiger partial charge in [0.2, 0.25) is 9.84 Å². The second-order valence-electron chi connectivity index (χ2n) is 4.52. The maximum atomic E-state index is 14.1. The minimum atomic E-state index is -4.18. The average molecular weight is 324 g/mol. The molecule has 2 N–H and O–H groups in total. The molecule has 116 valence electrons. The van der Waals surface area contributed by atoms with Gasteiger partial charge in [-0.25, -0.2) is 22.6 Å². The standard InChI is InChI=1S/C14H13FN2O4S/c1-8-3-5-9(6-4-8)22(19,20)13-11(15)7-10(12(16)17-13)14(18)21-2/h3-7H,1-2H3,(H2,16,17). The van der Waals surface area contributed by atoms with Crippen LogP contribution in [0.2, 0.25) is 0 Å². The first-order chi connectivity index (χ1) is 10.3. The average Bonchev–Trinajstić information content (AvgIpc) is 2.48. The molecule has 0 bridgehead atoms. The molecule has 0 saturated carbocycles. The van der Waals surface area contributed by atoms with Crippen LogP contribution in [0.3, 0.4) is 0 Å². The van der Waals surface area contributed by atoms with E-state index in [1.54, 1.807) is 19.1 Å². The van der Waals surface area contributed by atoms with Gasteiger partial charge in [-0.15, -0.1) is 0 Å². The first-order valence-corrected chi connectivity index (χ1v) is 7.61. The maximum absolute atomic E-state index is 14.1. The number of ether oxygens (including phenoxy) is 1. The summed E-state index contributed by atoms with van der Waals surface area (Å²) in [6.45, 7) is 1.79. The smallest absolute Gasteiger partial charge is 0.341 e. The highest BCUT2D eigenvalue weighted by Gasteiger charge is 2.26. The zero-order valence-electron chi connectivity index (χ0n) is 11.8. The zero-order valence-corrected chi connectivity index (χ0v) is 12.6. The molecule has 0 spiro atoms. The van der Waals surface area contributed by atoms with E-state index in [2.05, 4.69) is 9.72 Å². The Balaban J connectivity index is 2.59. The van der Waals surface area contributed by atoms with Crippen molar-refractivity contribution in [3.63, 3.8) is 0 Å². The van der Waals surface area contributed by atoms with E-state index >= 15 is 0 Å². The number of halogens is 1. The third-order valence-electron chi connectivity index (χ3n) is 2.96. The van der Waals surface area contributed by atoms with Crippen molar-refractivity contribution in [2.45, 2.75) is 16.8 Å². The summed E-state index contributed by atoms with van der Waals surface area (Å²) in [6.07, 6.45) is 0. The van der Waals surface area contributed by atoms with Gasteiger partial charge >= 0.3 is 5.97 Å². The molecule has 6 nitrogen and oxygen atoms in total. The van der Waals surface area contributed by atoms with Crippen molar-refractivity contribution in [1.82, 2.24) is 4.98 Å². The lowest BCUT2D eigenvalue weighted by Gasteiger charge is -2.09. The number of hydrogen-bond donors (Lipinski definition) is 1. The van der Waals surface area contributed by atoms with E-state index in [1.165, 1.54) is 12.1 Å². The minimum absolute atomic E-state index is 0.116. The van der Waals surface area contributed by atoms with Gasteiger partial charge < -0.3 is 10.5 Å². The second-order valence-corrected chi connectivity index (χ2v) is 6.38. The van der Waals surface area contributed by atoms with Gasteiger partial charge in [0, 0.05) is 0 Å². The molecular weight excluding hydrogens is 311 g/mol. The number of nitrogens with two attached hydrogens (primary N) is 1. The van der Waals surface area contributed by atoms with Crippen LogP contribution in [-0.4, -0.2) is 26.5 Å². The molecule has 1 aromatic carbocycles. The lowest BCUT2D eigenvalue weighted by molar-refractivity contribution is 0.0600. The topological polar surface area (TPSA) is 99.4 Å². The molecule has 22 heavy (non-hydrogen) atoms. The number of aryl methyl sites for hydroxylation is 1. The number of carbonyl (C=O) groups excluding carboxylic acids is 1. The van der Waals surface area contributed by atoms with Crippen LogP contribution in [0.1, 0.15) is 15.9 Å². The summed E-state index contributed by atoms with van der Waals surface area (Å²) in [7, 11) is -3.08. The number of nitrogens with zero attached hydrogens (tertiary/aromatic N) is 1. The van der Waals surface area contributed by atoms with Crippen LogP contribution < -0.4 is 5.73 Å². The van der Waals surface area contributed by atoms with Crippen molar-refractivity contribution in [3.8, 4) is 0 Å². The number of aromatic nitrogens is 1. The predicted molar refractivity (Wildman–Crippen MR) is 76.6 cm³/mol. The highest BCUT2D eigenvalue weighted by Crippen LogP contribution is 2.25. The first-order valence-electron chi connectivity index (χ1n) is 6.13. The van der Waals surface area contributed by atoms with Crippen LogP contribution in [0, 0.1) is 12.7 Å². The Bertz CT molecular complexity index is 833. The largest absolute Gasteiger partial charge is 0.465 e. The molecule has 0 fully saturated rings. The van der Waals surface area contributed by atoms with E-state index in [0.717, 1.165) is 12.7 Å². The highest BCUT2D eigenvalue weighted by atomic mass is 32.2. The third kappa shape index (κ3) is 2.77. The van der Waals surface area contributed by atoms with E-state index in [4.69, 9.17) is 5.73 Å². The summed E-state index contributed by atoms with van der Waals surface area (Å²) >= 11 is 0. The molecule has 0 unspecified atom stereocenters. The molecule has 0 radical (unpaired) electrons. The number of esters is 1. The van der Waals surface area contributed by atoms with Crippen molar-refractivity contribution in [2.24, 2.45) is 0 Å². The molecule has 0 aliphatic carbocycles. The number of benzene rings is 1. The summed E-state index contributed by atoms with van der Waals surface area (Å²) in [5, 5.41) is -0.832. The van der Waals surface area contributed by atoms with Gasteiger partial charge in [0.15, 0.2) is 10.8 Å². The fraction of sp³-hybridized carbons (Fsp3) is 0.143. The Morgan fingerprint density at radius 1 is 1.27 bits per heavy atom. The fourth-order valence-electron chi connectivity index (χ4n) is 1.78. The van der Waals surface area contributed by atoms with Gasteiger partial charge in [0.25, 0.3) is 0 Å². The number of methoxy groups -OCH3 is 1. The third-order valence-corrected chi connectivity index (χ3v) is 4.65. The van der Waals surface area contributed by atoms with Crippen molar-refractivity contribution < 1.29 is 22.3 Å². The van der Waals surface area contributed by atoms with Gasteiger partial charge in [-0.1, -0.05) is 17.7 Å². The van der Waals surface area contributed by atoms with Gasteiger partial charge in [0.05, 0.1) is 12.0 Å². The van der Waals surface area contributed by atoms with Gasteiger partial charge in [-0.05, 0) is 25.1 Å². The molecule has 0 amide bonds. The number of nitrogen functional groups attached to an aromatic ring is 1. The molecule has 0 aliphatic rings. The van der Waals surface area contributed by atoms with Crippen LogP contribution >= 0.6 is 0 Å². The second kappa shape index (κ2) is 5.72. The quantitative estimate of drug-likeness (QED) is 0.863. The summed E-state index contributed by atoms with van der Waals surface area (Å²) in [6, 6.07) is 6.55. The normalized spacial score (nSPS) is 11.2. The van der Waals surface area contributed by atoms with Crippen molar-refractivity contribution in [1.29, 1.82) is 0 Å². The number of anilines is 1. The van der Waals surface area contributed by atoms with Crippen LogP contribution in [0.25, 0.3) is 0 Å². The van der Waals surface area contributed by atoms with Crippen LogP contribution in [-0.2, 0) is 14.6 Å². The minimum Gasteiger partial charge on any atom is -0.465 e. The van der Waals surface area contributed by atoms with Crippen LogP contribution in [0.15, 0.2) is 40.3 Å². The summed E-state index contributed by atoms with van der Waals surface area (Å²) in [5.74, 6) is -2.49. The highest BCUT2D eigenvalue weighted by molar-refractivity contribution is 7.91. The van der Waals surface area contributed by atoms with Crippen molar-refractivity contribution in [2.75, 3.05) is 12.8 Å². The number of carbonyl (C=O) groups is 1. The summed E-state index contributed by atoms with van der Waals surface area (Å²) in [4.78, 5) is 14.8.